The van der Waals surface area contributed by atoms with Crippen LogP contribution in [0.1, 0.15) is 12.8 Å². The Balaban J connectivity index is 2.03. The molecular weight excluding hydrogens is 186 g/mol. The fraction of sp³-hybridized carbons (Fsp3) is 0.444. The SMILES string of the molecule is Nc1cnc(Cl)cc1NCC1CC1. The molecule has 13 heavy (non-hydrogen) atoms. The van der Waals surface area contributed by atoms with Crippen LogP contribution in [-0.4, -0.2) is 11.5 Å². The lowest BCUT2D eigenvalue weighted by Crippen LogP contribution is -2.05. The molecule has 4 heteroatoms. The second-order valence-corrected chi connectivity index (χ2v) is 3.81. The summed E-state index contributed by atoms with van der Waals surface area (Å²) in [6.07, 6.45) is 4.23. The molecule has 70 valence electrons. The first-order chi connectivity index (χ1) is 6.25. The van der Waals surface area contributed by atoms with Crippen molar-refractivity contribution in [1.29, 1.82) is 0 Å². The molecule has 3 N–H and O–H groups in total. The molecular formula is C9H12ClN3. The third-order valence-electron chi connectivity index (χ3n) is 2.18. The van der Waals surface area contributed by atoms with E-state index in [9.17, 15) is 0 Å². The molecule has 2 rings (SSSR count). The maximum absolute atomic E-state index is 5.74. The number of anilines is 2. The first-order valence-electron chi connectivity index (χ1n) is 4.40. The third kappa shape index (κ3) is 2.25. The van der Waals surface area contributed by atoms with E-state index in [4.69, 9.17) is 17.3 Å². The van der Waals surface area contributed by atoms with Gasteiger partial charge in [-0.25, -0.2) is 4.98 Å². The number of nitrogens with two attached hydrogens (primary N) is 1. The number of nitrogens with one attached hydrogen (secondary N) is 1. The van der Waals surface area contributed by atoms with Crippen molar-refractivity contribution in [2.45, 2.75) is 12.8 Å². The van der Waals surface area contributed by atoms with Gasteiger partial charge < -0.3 is 11.1 Å². The number of rotatable bonds is 3. The van der Waals surface area contributed by atoms with Crippen molar-refractivity contribution < 1.29 is 0 Å². The number of pyridine rings is 1. The molecule has 0 aromatic carbocycles. The highest BCUT2D eigenvalue weighted by Crippen LogP contribution is 2.30. The van der Waals surface area contributed by atoms with Crippen LogP contribution >= 0.6 is 11.6 Å². The normalized spacial score (nSPS) is 15.8. The Bertz CT molecular complexity index is 310. The Morgan fingerprint density at radius 3 is 3.08 bits per heavy atom. The van der Waals surface area contributed by atoms with Gasteiger partial charge in [-0.1, -0.05) is 11.6 Å². The van der Waals surface area contributed by atoms with Crippen LogP contribution < -0.4 is 11.1 Å². The predicted octanol–water partition coefficient (Wildman–Crippen LogP) is 2.14. The first kappa shape index (κ1) is 8.63. The van der Waals surface area contributed by atoms with E-state index in [1.807, 2.05) is 0 Å². The van der Waals surface area contributed by atoms with Crippen LogP contribution in [0.3, 0.4) is 0 Å². The second kappa shape index (κ2) is 3.42. The Kier molecular flexibility index (Phi) is 2.27. The molecule has 1 aromatic rings. The van der Waals surface area contributed by atoms with Gasteiger partial charge in [0.05, 0.1) is 17.6 Å². The number of hydrogen-bond donors (Lipinski definition) is 2. The summed E-state index contributed by atoms with van der Waals surface area (Å²) in [5.41, 5.74) is 7.27. The summed E-state index contributed by atoms with van der Waals surface area (Å²) in [6.45, 7) is 0.991. The van der Waals surface area contributed by atoms with E-state index in [0.717, 1.165) is 18.2 Å². The molecule has 0 amide bonds. The predicted molar refractivity (Wildman–Crippen MR) is 54.9 cm³/mol. The quantitative estimate of drug-likeness (QED) is 0.730. The average Bonchev–Trinajstić information content (AvgIpc) is 2.90. The van der Waals surface area contributed by atoms with E-state index in [-0.39, 0.29) is 0 Å². The summed E-state index contributed by atoms with van der Waals surface area (Å²) in [4.78, 5) is 3.88. The molecule has 0 atom stereocenters. The standard InChI is InChI=1S/C9H12ClN3/c10-9-3-8(7(11)5-13-9)12-4-6-1-2-6/h3,5-6H,1-2,4,11H2,(H,12,13). The molecule has 0 radical (unpaired) electrons. The summed E-state index contributed by atoms with van der Waals surface area (Å²) < 4.78 is 0. The van der Waals surface area contributed by atoms with Crippen LogP contribution in [0.2, 0.25) is 5.15 Å². The van der Waals surface area contributed by atoms with Gasteiger partial charge in [0, 0.05) is 12.6 Å². The Labute approximate surface area is 82.3 Å². The van der Waals surface area contributed by atoms with Crippen molar-refractivity contribution in [2.24, 2.45) is 5.92 Å². The summed E-state index contributed by atoms with van der Waals surface area (Å²) >= 11 is 5.74. The largest absolute Gasteiger partial charge is 0.396 e. The summed E-state index contributed by atoms with van der Waals surface area (Å²) in [7, 11) is 0. The molecule has 1 saturated carbocycles. The lowest BCUT2D eigenvalue weighted by atomic mass is 10.3. The molecule has 1 aliphatic rings. The van der Waals surface area contributed by atoms with Crippen LogP contribution in [0.25, 0.3) is 0 Å². The highest BCUT2D eigenvalue weighted by molar-refractivity contribution is 6.29. The van der Waals surface area contributed by atoms with E-state index in [1.54, 1.807) is 12.3 Å². The number of hydrogen-bond acceptors (Lipinski definition) is 3. The van der Waals surface area contributed by atoms with Gasteiger partial charge >= 0.3 is 0 Å². The van der Waals surface area contributed by atoms with E-state index in [2.05, 4.69) is 10.3 Å². The van der Waals surface area contributed by atoms with E-state index in [1.165, 1.54) is 12.8 Å². The fourth-order valence-electron chi connectivity index (χ4n) is 1.17. The molecule has 1 aromatic heterocycles. The van der Waals surface area contributed by atoms with Gasteiger partial charge in [0.2, 0.25) is 0 Å². The van der Waals surface area contributed by atoms with Crippen molar-refractivity contribution in [1.82, 2.24) is 4.98 Å². The van der Waals surface area contributed by atoms with Crippen molar-refractivity contribution in [3.63, 3.8) is 0 Å². The second-order valence-electron chi connectivity index (χ2n) is 3.42. The van der Waals surface area contributed by atoms with Gasteiger partial charge in [0.1, 0.15) is 5.15 Å². The molecule has 0 spiro atoms. The van der Waals surface area contributed by atoms with Crippen LogP contribution in [0.5, 0.6) is 0 Å². The van der Waals surface area contributed by atoms with Crippen molar-refractivity contribution in [3.05, 3.63) is 17.4 Å². The molecule has 3 nitrogen and oxygen atoms in total. The van der Waals surface area contributed by atoms with Crippen LogP contribution in [0.15, 0.2) is 12.3 Å². The van der Waals surface area contributed by atoms with Gasteiger partial charge in [-0.2, -0.15) is 0 Å². The number of aromatic nitrogens is 1. The monoisotopic (exact) mass is 197 g/mol. The molecule has 0 aliphatic heterocycles. The molecule has 1 fully saturated rings. The van der Waals surface area contributed by atoms with Gasteiger partial charge in [0.25, 0.3) is 0 Å². The zero-order valence-corrected chi connectivity index (χ0v) is 8.01. The molecule has 1 aliphatic carbocycles. The van der Waals surface area contributed by atoms with Gasteiger partial charge in [-0.15, -0.1) is 0 Å². The van der Waals surface area contributed by atoms with Crippen molar-refractivity contribution >= 4 is 23.0 Å². The van der Waals surface area contributed by atoms with E-state index >= 15 is 0 Å². The molecule has 0 bridgehead atoms. The zero-order chi connectivity index (χ0) is 9.26. The van der Waals surface area contributed by atoms with Gasteiger partial charge in [0.15, 0.2) is 0 Å². The number of halogens is 1. The zero-order valence-electron chi connectivity index (χ0n) is 7.26. The van der Waals surface area contributed by atoms with E-state index < -0.39 is 0 Å². The molecule has 0 saturated heterocycles. The average molecular weight is 198 g/mol. The maximum Gasteiger partial charge on any atom is 0.131 e. The van der Waals surface area contributed by atoms with Crippen LogP contribution in [0.4, 0.5) is 11.4 Å². The summed E-state index contributed by atoms with van der Waals surface area (Å²) in [6, 6.07) is 1.76. The minimum atomic E-state index is 0.479. The minimum Gasteiger partial charge on any atom is -0.396 e. The van der Waals surface area contributed by atoms with E-state index in [0.29, 0.717) is 10.8 Å². The Hall–Kier alpha value is -0.960. The van der Waals surface area contributed by atoms with Gasteiger partial charge in [-0.3, -0.25) is 0 Å². The number of nitrogen functional groups attached to an aromatic ring is 1. The summed E-state index contributed by atoms with van der Waals surface area (Å²) in [5.74, 6) is 0.825. The summed E-state index contributed by atoms with van der Waals surface area (Å²) in [5, 5.41) is 3.75. The molecule has 0 unspecified atom stereocenters. The Morgan fingerprint density at radius 1 is 1.62 bits per heavy atom. The van der Waals surface area contributed by atoms with Crippen molar-refractivity contribution in [2.75, 3.05) is 17.6 Å². The Morgan fingerprint density at radius 2 is 2.38 bits per heavy atom. The van der Waals surface area contributed by atoms with Crippen molar-refractivity contribution in [3.8, 4) is 0 Å². The topological polar surface area (TPSA) is 50.9 Å². The van der Waals surface area contributed by atoms with Crippen LogP contribution in [-0.2, 0) is 0 Å². The highest BCUT2D eigenvalue weighted by Gasteiger charge is 2.20. The van der Waals surface area contributed by atoms with Gasteiger partial charge in [-0.05, 0) is 18.8 Å². The lowest BCUT2D eigenvalue weighted by molar-refractivity contribution is 0.889. The number of nitrogens with zero attached hydrogens (tertiary/aromatic N) is 1. The minimum absolute atomic E-state index is 0.479. The van der Waals surface area contributed by atoms with Crippen LogP contribution in [0, 0.1) is 5.92 Å². The lowest BCUT2D eigenvalue weighted by Gasteiger charge is -2.07. The molecule has 1 heterocycles. The first-order valence-corrected chi connectivity index (χ1v) is 4.78. The fourth-order valence-corrected chi connectivity index (χ4v) is 1.33. The maximum atomic E-state index is 5.74. The highest BCUT2D eigenvalue weighted by atomic mass is 35.5. The third-order valence-corrected chi connectivity index (χ3v) is 2.39. The smallest absolute Gasteiger partial charge is 0.131 e.